The Kier molecular flexibility index (Phi) is 5.05. The molecule has 0 aliphatic carbocycles. The lowest BCUT2D eigenvalue weighted by Crippen LogP contribution is -2.49. The Hall–Kier alpha value is -1.36. The highest BCUT2D eigenvalue weighted by Gasteiger charge is 2.29. The first-order valence-corrected chi connectivity index (χ1v) is 9.08. The van der Waals surface area contributed by atoms with Crippen molar-refractivity contribution in [3.8, 4) is 0 Å². The minimum Gasteiger partial charge on any atom is -0.341 e. The molecule has 1 amide bonds. The van der Waals surface area contributed by atoms with Gasteiger partial charge in [-0.1, -0.05) is 0 Å². The summed E-state index contributed by atoms with van der Waals surface area (Å²) in [6.07, 6.45) is 5.60. The van der Waals surface area contributed by atoms with Crippen LogP contribution in [-0.2, 0) is 11.3 Å². The van der Waals surface area contributed by atoms with Crippen molar-refractivity contribution in [2.24, 2.45) is 0 Å². The molecule has 0 spiro atoms. The number of hydrogen-bond donors (Lipinski definition) is 0. The molecule has 5 nitrogen and oxygen atoms in total. The maximum absolute atomic E-state index is 12.6. The molecule has 23 heavy (non-hydrogen) atoms. The highest BCUT2D eigenvalue weighted by atomic mass is 16.2. The summed E-state index contributed by atoms with van der Waals surface area (Å²) in [6, 6.07) is 0.589. The first-order valence-electron chi connectivity index (χ1n) is 9.08. The predicted molar refractivity (Wildman–Crippen MR) is 91.5 cm³/mol. The number of carbonyl (C=O) groups excluding carboxylic acids is 1. The van der Waals surface area contributed by atoms with Gasteiger partial charge in [-0.2, -0.15) is 5.10 Å². The summed E-state index contributed by atoms with van der Waals surface area (Å²) in [5, 5.41) is 4.54. The van der Waals surface area contributed by atoms with Crippen LogP contribution in [0.15, 0.2) is 0 Å². The zero-order valence-electron chi connectivity index (χ0n) is 14.8. The van der Waals surface area contributed by atoms with E-state index in [1.54, 1.807) is 0 Å². The van der Waals surface area contributed by atoms with Gasteiger partial charge < -0.3 is 4.90 Å². The van der Waals surface area contributed by atoms with E-state index in [9.17, 15) is 4.79 Å². The Morgan fingerprint density at radius 2 is 1.87 bits per heavy atom. The largest absolute Gasteiger partial charge is 0.341 e. The van der Waals surface area contributed by atoms with E-state index in [0.29, 0.717) is 24.9 Å². The van der Waals surface area contributed by atoms with E-state index in [2.05, 4.69) is 28.7 Å². The smallest absolute Gasteiger partial charge is 0.224 e. The second kappa shape index (κ2) is 7.04. The highest BCUT2D eigenvalue weighted by Crippen LogP contribution is 2.21. The van der Waals surface area contributed by atoms with Gasteiger partial charge in [-0.05, 0) is 65.1 Å². The minimum absolute atomic E-state index is 0.291. The van der Waals surface area contributed by atoms with Crippen molar-refractivity contribution in [1.29, 1.82) is 0 Å². The number of aromatic nitrogens is 2. The number of piperidine rings is 1. The third kappa shape index (κ3) is 3.60. The molecule has 1 aromatic rings. The Morgan fingerprint density at radius 1 is 1.13 bits per heavy atom. The second-order valence-corrected chi connectivity index (χ2v) is 7.15. The van der Waals surface area contributed by atoms with Gasteiger partial charge in [0.05, 0.1) is 5.69 Å². The summed E-state index contributed by atoms with van der Waals surface area (Å²) in [5.74, 6) is 0.291. The molecule has 3 rings (SSSR count). The van der Waals surface area contributed by atoms with E-state index in [1.807, 2.05) is 11.6 Å². The van der Waals surface area contributed by atoms with Gasteiger partial charge in [0, 0.05) is 37.8 Å². The lowest BCUT2D eigenvalue weighted by Gasteiger charge is -2.37. The minimum atomic E-state index is 0.291. The van der Waals surface area contributed by atoms with E-state index in [1.165, 1.54) is 43.6 Å². The van der Waals surface area contributed by atoms with Gasteiger partial charge in [0.15, 0.2) is 0 Å². The SMILES string of the molecule is Cc1nn(CCC(=O)N2CCC[C@@H](N3CCCC3)C2)c(C)c1C. The third-order valence-electron chi connectivity index (χ3n) is 5.69. The molecule has 3 heterocycles. The summed E-state index contributed by atoms with van der Waals surface area (Å²) in [5.41, 5.74) is 3.50. The summed E-state index contributed by atoms with van der Waals surface area (Å²) in [6.45, 7) is 11.2. The first kappa shape index (κ1) is 16.5. The Labute approximate surface area is 139 Å². The second-order valence-electron chi connectivity index (χ2n) is 7.15. The fourth-order valence-electron chi connectivity index (χ4n) is 3.95. The zero-order chi connectivity index (χ0) is 16.4. The molecule has 1 aromatic heterocycles. The van der Waals surface area contributed by atoms with E-state index in [0.717, 1.165) is 25.2 Å². The topological polar surface area (TPSA) is 41.4 Å². The van der Waals surface area contributed by atoms with Crippen molar-refractivity contribution in [2.75, 3.05) is 26.2 Å². The number of amides is 1. The average Bonchev–Trinajstić information content (AvgIpc) is 3.18. The number of nitrogens with zero attached hydrogens (tertiary/aromatic N) is 4. The first-order chi connectivity index (χ1) is 11.1. The lowest BCUT2D eigenvalue weighted by atomic mass is 10.0. The molecule has 128 valence electrons. The summed E-state index contributed by atoms with van der Waals surface area (Å²) in [4.78, 5) is 17.3. The van der Waals surface area contributed by atoms with E-state index in [-0.39, 0.29) is 0 Å². The van der Waals surface area contributed by atoms with Gasteiger partial charge in [-0.15, -0.1) is 0 Å². The molecule has 0 radical (unpaired) electrons. The molecular weight excluding hydrogens is 288 g/mol. The van der Waals surface area contributed by atoms with Crippen LogP contribution < -0.4 is 0 Å². The van der Waals surface area contributed by atoms with Crippen LogP contribution in [0, 0.1) is 20.8 Å². The van der Waals surface area contributed by atoms with Crippen LogP contribution in [0.5, 0.6) is 0 Å². The molecular formula is C18H30N4O. The van der Waals surface area contributed by atoms with Crippen LogP contribution in [0.3, 0.4) is 0 Å². The molecule has 1 atom stereocenters. The average molecular weight is 318 g/mol. The van der Waals surface area contributed by atoms with Crippen LogP contribution in [0.1, 0.15) is 49.1 Å². The Morgan fingerprint density at radius 3 is 2.52 bits per heavy atom. The fraction of sp³-hybridized carbons (Fsp3) is 0.778. The number of hydrogen-bond acceptors (Lipinski definition) is 3. The molecule has 0 saturated carbocycles. The van der Waals surface area contributed by atoms with Crippen molar-refractivity contribution < 1.29 is 4.79 Å². The van der Waals surface area contributed by atoms with Gasteiger partial charge in [0.2, 0.25) is 5.91 Å². The van der Waals surface area contributed by atoms with Crippen molar-refractivity contribution >= 4 is 5.91 Å². The van der Waals surface area contributed by atoms with E-state index < -0.39 is 0 Å². The third-order valence-corrected chi connectivity index (χ3v) is 5.69. The van der Waals surface area contributed by atoms with Crippen molar-refractivity contribution in [2.45, 2.75) is 65.5 Å². The highest BCUT2D eigenvalue weighted by molar-refractivity contribution is 5.76. The van der Waals surface area contributed by atoms with Crippen LogP contribution in [-0.4, -0.2) is 57.7 Å². The number of likely N-dealkylation sites (tertiary alicyclic amines) is 2. The molecule has 2 saturated heterocycles. The predicted octanol–water partition coefficient (Wildman–Crippen LogP) is 2.29. The van der Waals surface area contributed by atoms with Gasteiger partial charge in [0.1, 0.15) is 0 Å². The maximum atomic E-state index is 12.6. The van der Waals surface area contributed by atoms with Crippen LogP contribution in [0.4, 0.5) is 0 Å². The normalized spacial score (nSPS) is 22.7. The number of rotatable bonds is 4. The van der Waals surface area contributed by atoms with Crippen molar-refractivity contribution in [3.05, 3.63) is 17.0 Å². The zero-order valence-corrected chi connectivity index (χ0v) is 14.8. The van der Waals surface area contributed by atoms with Crippen molar-refractivity contribution in [1.82, 2.24) is 19.6 Å². The molecule has 2 aliphatic rings. The number of aryl methyl sites for hydroxylation is 2. The summed E-state index contributed by atoms with van der Waals surface area (Å²) < 4.78 is 1.99. The maximum Gasteiger partial charge on any atom is 0.224 e. The van der Waals surface area contributed by atoms with E-state index in [4.69, 9.17) is 0 Å². The van der Waals surface area contributed by atoms with Crippen LogP contribution in [0.25, 0.3) is 0 Å². The van der Waals surface area contributed by atoms with Gasteiger partial charge in [-0.3, -0.25) is 14.4 Å². The van der Waals surface area contributed by atoms with Crippen LogP contribution in [0.2, 0.25) is 0 Å². The van der Waals surface area contributed by atoms with E-state index >= 15 is 0 Å². The molecule has 2 aliphatic heterocycles. The van der Waals surface area contributed by atoms with Gasteiger partial charge in [0.25, 0.3) is 0 Å². The fourth-order valence-corrected chi connectivity index (χ4v) is 3.95. The lowest BCUT2D eigenvalue weighted by molar-refractivity contribution is -0.133. The molecule has 0 aromatic carbocycles. The Bertz CT molecular complexity index is 560. The van der Waals surface area contributed by atoms with Gasteiger partial charge >= 0.3 is 0 Å². The Balaban J connectivity index is 1.54. The standard InChI is InChI=1S/C18H30N4O/c1-14-15(2)19-22(16(14)3)12-8-18(23)21-11-6-7-17(13-21)20-9-4-5-10-20/h17H,4-13H2,1-3H3/t17-/m1/s1. The van der Waals surface area contributed by atoms with Crippen LogP contribution >= 0.6 is 0 Å². The molecule has 2 fully saturated rings. The molecule has 0 bridgehead atoms. The molecule has 0 unspecified atom stereocenters. The number of carbonyl (C=O) groups is 1. The molecule has 5 heteroatoms. The molecule has 0 N–H and O–H groups in total. The monoisotopic (exact) mass is 318 g/mol. The quantitative estimate of drug-likeness (QED) is 0.855. The summed E-state index contributed by atoms with van der Waals surface area (Å²) >= 11 is 0. The van der Waals surface area contributed by atoms with Crippen molar-refractivity contribution in [3.63, 3.8) is 0 Å². The van der Waals surface area contributed by atoms with Gasteiger partial charge in [-0.25, -0.2) is 0 Å². The summed E-state index contributed by atoms with van der Waals surface area (Å²) in [7, 11) is 0.